The second-order valence-corrected chi connectivity index (χ2v) is 23.9. The fourth-order valence-corrected chi connectivity index (χ4v) is 15.5. The van der Waals surface area contributed by atoms with Gasteiger partial charge in [-0.3, -0.25) is 29.7 Å². The lowest BCUT2D eigenvalue weighted by atomic mass is 9.73. The molecule has 0 saturated carbocycles. The quantitative estimate of drug-likeness (QED) is 0.0640. The van der Waals surface area contributed by atoms with Crippen LogP contribution in [0.3, 0.4) is 0 Å². The van der Waals surface area contributed by atoms with E-state index in [2.05, 4.69) is 125 Å². The fourth-order valence-electron chi connectivity index (χ4n) is 15.5. The largest absolute Gasteiger partial charge is 0.497 e. The van der Waals surface area contributed by atoms with Crippen LogP contribution in [0.15, 0.2) is 148 Å². The van der Waals surface area contributed by atoms with Crippen molar-refractivity contribution in [2.24, 2.45) is 35.5 Å². The normalized spacial score (nSPS) is 28.6. The number of aromatic nitrogens is 3. The SMILES string of the molecule is C=CC1CN2CCC1C[C@@H]2[C@@H](OCc1cc(CO[C@@H](c2ccnc3ccc(OC)cc23)[C@H]2CC3CCN2CC3C=C)cc(CO[C@@H](c2ccnc3ccc(OC)cc23)[C@H]2CC3CCN2CC3C=C)c1)c1ccnc2ccc(OC)cc12. The summed E-state index contributed by atoms with van der Waals surface area (Å²) in [6.07, 6.45) is 18.3. The second kappa shape index (κ2) is 23.4. The van der Waals surface area contributed by atoms with Crippen LogP contribution in [0.2, 0.25) is 0 Å². The molecule has 81 heavy (non-hydrogen) atoms. The van der Waals surface area contributed by atoms with E-state index in [-0.39, 0.29) is 36.4 Å². The Morgan fingerprint density at radius 3 is 1.01 bits per heavy atom. The Labute approximate surface area is 477 Å². The first kappa shape index (κ1) is 53.8. The molecule has 12 nitrogen and oxygen atoms in total. The van der Waals surface area contributed by atoms with Gasteiger partial charge in [-0.25, -0.2) is 0 Å². The van der Waals surface area contributed by atoms with Gasteiger partial charge in [0.05, 0.1) is 76.0 Å². The highest BCUT2D eigenvalue weighted by molar-refractivity contribution is 5.85. The summed E-state index contributed by atoms with van der Waals surface area (Å²) >= 11 is 0. The molecule has 15 atom stereocenters. The molecule has 0 amide bonds. The molecule has 16 rings (SSSR count). The number of pyridine rings is 3. The van der Waals surface area contributed by atoms with E-state index in [1.165, 1.54) is 19.3 Å². The van der Waals surface area contributed by atoms with Gasteiger partial charge < -0.3 is 28.4 Å². The summed E-state index contributed by atoms with van der Waals surface area (Å²) in [6, 6.07) is 32.5. The number of rotatable bonds is 21. The summed E-state index contributed by atoms with van der Waals surface area (Å²) in [5.74, 6) is 5.52. The van der Waals surface area contributed by atoms with E-state index in [1.54, 1.807) is 21.3 Å². The van der Waals surface area contributed by atoms with E-state index in [4.69, 9.17) is 43.4 Å². The molecule has 0 N–H and O–H groups in total. The molecule has 0 spiro atoms. The molecule has 12 heteroatoms. The van der Waals surface area contributed by atoms with Crippen LogP contribution in [0.4, 0.5) is 0 Å². The van der Waals surface area contributed by atoms with Crippen molar-refractivity contribution in [2.45, 2.75) is 94.8 Å². The molecule has 7 aromatic rings. The van der Waals surface area contributed by atoms with E-state index in [1.807, 2.05) is 36.8 Å². The third-order valence-corrected chi connectivity index (χ3v) is 19.8. The first-order chi connectivity index (χ1) is 39.8. The van der Waals surface area contributed by atoms with E-state index < -0.39 is 0 Å². The highest BCUT2D eigenvalue weighted by atomic mass is 16.5. The van der Waals surface area contributed by atoms with Gasteiger partial charge in [-0.2, -0.15) is 0 Å². The van der Waals surface area contributed by atoms with Gasteiger partial charge in [0, 0.05) is 72.5 Å². The molecule has 4 aromatic carbocycles. The Hall–Kier alpha value is -6.51. The van der Waals surface area contributed by atoms with Crippen molar-refractivity contribution in [3.05, 3.63) is 181 Å². The summed E-state index contributed by atoms with van der Waals surface area (Å²) in [7, 11) is 5.18. The Morgan fingerprint density at radius 1 is 0.444 bits per heavy atom. The third-order valence-electron chi connectivity index (χ3n) is 19.8. The zero-order chi connectivity index (χ0) is 55.1. The molecule has 9 saturated heterocycles. The van der Waals surface area contributed by atoms with Gasteiger partial charge in [0.2, 0.25) is 0 Å². The lowest BCUT2D eigenvalue weighted by molar-refractivity contribution is -0.0823. The molecular weight excluding hydrogens is 1010 g/mol. The number of ether oxygens (including phenoxy) is 6. The van der Waals surface area contributed by atoms with Crippen molar-refractivity contribution >= 4 is 32.7 Å². The first-order valence-electron chi connectivity index (χ1n) is 29.6. The van der Waals surface area contributed by atoms with Crippen molar-refractivity contribution in [3.8, 4) is 17.2 Å². The van der Waals surface area contributed by atoms with Gasteiger partial charge in [-0.1, -0.05) is 36.4 Å². The molecule has 0 radical (unpaired) electrons. The fraction of sp³-hybridized carbons (Fsp3) is 0.435. The minimum Gasteiger partial charge on any atom is -0.497 e. The maximum Gasteiger partial charge on any atom is 0.119 e. The van der Waals surface area contributed by atoms with E-state index >= 15 is 0 Å². The molecule has 12 heterocycles. The van der Waals surface area contributed by atoms with Crippen LogP contribution < -0.4 is 14.2 Å². The molecule has 9 aliphatic rings. The van der Waals surface area contributed by atoms with Crippen LogP contribution in [0.1, 0.15) is 90.2 Å². The minimum absolute atomic E-state index is 0.179. The molecule has 420 valence electrons. The van der Waals surface area contributed by atoms with Gasteiger partial charge in [0.15, 0.2) is 0 Å². The number of hydrogen-bond acceptors (Lipinski definition) is 12. The topological polar surface area (TPSA) is 104 Å². The maximum absolute atomic E-state index is 7.51. The van der Waals surface area contributed by atoms with E-state index in [9.17, 15) is 0 Å². The monoisotopic (exact) mass is 1090 g/mol. The summed E-state index contributed by atoms with van der Waals surface area (Å²) in [6.45, 7) is 20.1. The Balaban J connectivity index is 0.884. The average Bonchev–Trinajstić information content (AvgIpc) is 3.58. The highest BCUT2D eigenvalue weighted by Gasteiger charge is 2.46. The Morgan fingerprint density at radius 2 is 0.753 bits per heavy atom. The predicted molar refractivity (Wildman–Crippen MR) is 319 cm³/mol. The van der Waals surface area contributed by atoms with Gasteiger partial charge in [0.25, 0.3) is 0 Å². The average molecular weight is 1090 g/mol. The third kappa shape index (κ3) is 10.6. The number of piperidine rings is 9. The van der Waals surface area contributed by atoms with Crippen LogP contribution in [0.25, 0.3) is 32.7 Å². The van der Waals surface area contributed by atoms with Gasteiger partial charge in [-0.05, 0) is 200 Å². The van der Waals surface area contributed by atoms with Crippen molar-refractivity contribution < 1.29 is 28.4 Å². The van der Waals surface area contributed by atoms with Crippen molar-refractivity contribution in [3.63, 3.8) is 0 Å². The second-order valence-electron chi connectivity index (χ2n) is 23.9. The van der Waals surface area contributed by atoms with Crippen molar-refractivity contribution in [1.82, 2.24) is 29.7 Å². The number of benzene rings is 4. The summed E-state index contributed by atoms with van der Waals surface area (Å²) in [5, 5.41) is 3.16. The van der Waals surface area contributed by atoms with Gasteiger partial charge >= 0.3 is 0 Å². The van der Waals surface area contributed by atoms with E-state index in [0.29, 0.717) is 55.3 Å². The Bertz CT molecular complexity index is 3080. The summed E-state index contributed by atoms with van der Waals surface area (Å²) in [4.78, 5) is 22.5. The Kier molecular flexibility index (Phi) is 15.5. The zero-order valence-corrected chi connectivity index (χ0v) is 47.4. The molecule has 0 aliphatic carbocycles. The standard InChI is InChI=1S/C69H78N6O6/c1-7-46-37-73-25-19-49(46)31-64(73)67(55-16-22-70-61-13-10-52(76-4)34-58(55)61)79-40-43-28-44(41-80-68(65-32-50-20-26-74(65)38-47(50)8-2)56-17-23-71-62-14-11-53(77-5)35-59(56)62)30-45(29-43)42-81-69(66-33-51-21-27-75(66)39-48(51)9-3)57-18-24-72-63-15-12-54(78-6)36-60(57)63/h7-18,22-24,28-30,34-36,46-51,64-69H,1-3,19-21,25-27,31-33,37-42H2,4-6H3/t46?,47?,48?,49?,50?,51?,64-,65-,66-,67+,68+,69+/m1/s1. The zero-order valence-electron chi connectivity index (χ0n) is 47.4. The molecule has 9 unspecified atom stereocenters. The van der Waals surface area contributed by atoms with Gasteiger partial charge in [-0.15, -0.1) is 19.7 Å². The lowest BCUT2D eigenvalue weighted by Gasteiger charge is -2.51. The number of nitrogens with zero attached hydrogens (tertiary/aromatic N) is 6. The first-order valence-corrected chi connectivity index (χ1v) is 29.6. The number of fused-ring (bicyclic) bond motifs is 12. The predicted octanol–water partition coefficient (Wildman–Crippen LogP) is 12.8. The number of methoxy groups -OCH3 is 3. The molecule has 9 aliphatic heterocycles. The molecular formula is C69H78N6O6. The lowest BCUT2D eigenvalue weighted by Crippen LogP contribution is -2.55. The van der Waals surface area contributed by atoms with Crippen LogP contribution >= 0.6 is 0 Å². The van der Waals surface area contributed by atoms with Crippen LogP contribution in [0, 0.1) is 35.5 Å². The van der Waals surface area contributed by atoms with Gasteiger partial charge in [0.1, 0.15) is 17.2 Å². The van der Waals surface area contributed by atoms with Crippen LogP contribution in [0.5, 0.6) is 17.2 Å². The van der Waals surface area contributed by atoms with Crippen molar-refractivity contribution in [2.75, 3.05) is 60.6 Å². The minimum atomic E-state index is -0.233. The van der Waals surface area contributed by atoms with Crippen LogP contribution in [-0.2, 0) is 34.0 Å². The number of hydrogen-bond donors (Lipinski definition) is 0. The summed E-state index contributed by atoms with van der Waals surface area (Å²) in [5.41, 5.74) is 9.40. The molecule has 9 fully saturated rings. The molecule has 6 bridgehead atoms. The van der Waals surface area contributed by atoms with E-state index in [0.717, 1.165) is 142 Å². The van der Waals surface area contributed by atoms with Crippen LogP contribution in [-0.4, -0.2) is 108 Å². The maximum atomic E-state index is 7.51. The highest BCUT2D eigenvalue weighted by Crippen LogP contribution is 2.48. The van der Waals surface area contributed by atoms with Crippen molar-refractivity contribution in [1.29, 1.82) is 0 Å². The summed E-state index contributed by atoms with van der Waals surface area (Å²) < 4.78 is 40.0. The smallest absolute Gasteiger partial charge is 0.119 e. The molecule has 3 aromatic heterocycles.